The number of rotatable bonds is 2. The molecule has 1 atom stereocenters. The van der Waals surface area contributed by atoms with E-state index in [9.17, 15) is 13.2 Å². The molecule has 0 saturated heterocycles. The smallest absolute Gasteiger partial charge is 0.328 e. The van der Waals surface area contributed by atoms with Gasteiger partial charge in [-0.15, -0.1) is 0 Å². The van der Waals surface area contributed by atoms with E-state index < -0.39 is 11.7 Å². The highest BCUT2D eigenvalue weighted by molar-refractivity contribution is 5.21. The highest BCUT2D eigenvalue weighted by Gasteiger charge is 2.30. The van der Waals surface area contributed by atoms with Gasteiger partial charge >= 0.3 is 6.18 Å². The van der Waals surface area contributed by atoms with Crippen molar-refractivity contribution in [3.05, 3.63) is 29.6 Å². The first-order valence-electron chi connectivity index (χ1n) is 4.16. The van der Waals surface area contributed by atoms with Crippen LogP contribution < -0.4 is 5.73 Å². The first-order chi connectivity index (χ1) is 6.39. The Labute approximate surface area is 79.9 Å². The minimum atomic E-state index is -4.33. The Morgan fingerprint density at radius 2 is 2.07 bits per heavy atom. The number of alkyl halides is 3. The summed E-state index contributed by atoms with van der Waals surface area (Å²) < 4.78 is 36.7. The van der Waals surface area contributed by atoms with Gasteiger partial charge in [-0.1, -0.05) is 0 Å². The van der Waals surface area contributed by atoms with Crippen molar-refractivity contribution in [2.24, 2.45) is 5.73 Å². The van der Waals surface area contributed by atoms with Crippen molar-refractivity contribution >= 4 is 0 Å². The number of pyridine rings is 1. The van der Waals surface area contributed by atoms with Gasteiger partial charge in [-0.3, -0.25) is 4.98 Å². The summed E-state index contributed by atoms with van der Waals surface area (Å²) in [4.78, 5) is 3.53. The van der Waals surface area contributed by atoms with E-state index in [1.807, 2.05) is 0 Å². The molecule has 2 nitrogen and oxygen atoms in total. The Balaban J connectivity index is 2.90. The molecule has 1 heterocycles. The lowest BCUT2D eigenvalue weighted by molar-refractivity contribution is -0.137. The van der Waals surface area contributed by atoms with E-state index in [-0.39, 0.29) is 6.04 Å². The van der Waals surface area contributed by atoms with Crippen LogP contribution in [0.4, 0.5) is 13.2 Å². The average Bonchev–Trinajstić information content (AvgIpc) is 2.01. The van der Waals surface area contributed by atoms with Gasteiger partial charge in [0.2, 0.25) is 0 Å². The molecule has 1 aromatic heterocycles. The summed E-state index contributed by atoms with van der Waals surface area (Å²) in [5, 5.41) is 0. The molecule has 1 aromatic rings. The van der Waals surface area contributed by atoms with Crippen LogP contribution in [0.2, 0.25) is 0 Å². The third kappa shape index (κ3) is 2.99. The zero-order valence-corrected chi connectivity index (χ0v) is 7.67. The van der Waals surface area contributed by atoms with Crippen molar-refractivity contribution in [2.45, 2.75) is 25.6 Å². The van der Waals surface area contributed by atoms with Gasteiger partial charge in [-0.25, -0.2) is 0 Å². The fourth-order valence-corrected chi connectivity index (χ4v) is 1.13. The van der Waals surface area contributed by atoms with Crippen LogP contribution >= 0.6 is 0 Å². The molecule has 0 amide bonds. The predicted molar refractivity (Wildman–Crippen MR) is 46.6 cm³/mol. The highest BCUT2D eigenvalue weighted by atomic mass is 19.4. The molecular weight excluding hydrogens is 193 g/mol. The summed E-state index contributed by atoms with van der Waals surface area (Å²) >= 11 is 0. The van der Waals surface area contributed by atoms with Crippen LogP contribution in [0.25, 0.3) is 0 Å². The largest absolute Gasteiger partial charge is 0.417 e. The predicted octanol–water partition coefficient (Wildman–Crippen LogP) is 1.99. The molecule has 14 heavy (non-hydrogen) atoms. The summed E-state index contributed by atoms with van der Waals surface area (Å²) in [5.41, 5.74) is 5.26. The summed E-state index contributed by atoms with van der Waals surface area (Å²) in [6.07, 6.45) is -1.72. The van der Waals surface area contributed by atoms with Gasteiger partial charge in [0.1, 0.15) is 0 Å². The Morgan fingerprint density at radius 3 is 2.57 bits per heavy atom. The fraction of sp³-hybridized carbons (Fsp3) is 0.444. The number of halogens is 3. The van der Waals surface area contributed by atoms with Gasteiger partial charge in [0.25, 0.3) is 0 Å². The summed E-state index contributed by atoms with van der Waals surface area (Å²) in [7, 11) is 0. The van der Waals surface area contributed by atoms with Crippen molar-refractivity contribution in [1.29, 1.82) is 0 Å². The zero-order valence-electron chi connectivity index (χ0n) is 7.67. The SMILES string of the molecule is CC(N)Cc1cncc(C(F)(F)F)c1. The Bertz CT molecular complexity index is 307. The second-order valence-electron chi connectivity index (χ2n) is 3.26. The molecule has 0 aliphatic heterocycles. The number of nitrogens with two attached hydrogens (primary N) is 1. The first kappa shape index (κ1) is 11.0. The Hall–Kier alpha value is -1.10. The monoisotopic (exact) mass is 204 g/mol. The fourth-order valence-electron chi connectivity index (χ4n) is 1.13. The standard InChI is InChI=1S/C9H11F3N2/c1-6(13)2-7-3-8(5-14-4-7)9(10,11)12/h3-6H,2,13H2,1H3. The maximum absolute atomic E-state index is 12.2. The third-order valence-corrected chi connectivity index (χ3v) is 1.68. The van der Waals surface area contributed by atoms with E-state index in [0.717, 1.165) is 12.3 Å². The van der Waals surface area contributed by atoms with Crippen molar-refractivity contribution in [3.63, 3.8) is 0 Å². The molecule has 0 fully saturated rings. The summed E-state index contributed by atoms with van der Waals surface area (Å²) in [6.45, 7) is 1.74. The summed E-state index contributed by atoms with van der Waals surface area (Å²) in [5.74, 6) is 0. The highest BCUT2D eigenvalue weighted by Crippen LogP contribution is 2.28. The van der Waals surface area contributed by atoms with Crippen LogP contribution in [-0.2, 0) is 12.6 Å². The Morgan fingerprint density at radius 1 is 1.43 bits per heavy atom. The van der Waals surface area contributed by atoms with E-state index >= 15 is 0 Å². The topological polar surface area (TPSA) is 38.9 Å². The van der Waals surface area contributed by atoms with E-state index in [1.165, 1.54) is 6.20 Å². The van der Waals surface area contributed by atoms with E-state index in [4.69, 9.17) is 5.73 Å². The lowest BCUT2D eigenvalue weighted by Gasteiger charge is -2.09. The van der Waals surface area contributed by atoms with Crippen LogP contribution in [0.1, 0.15) is 18.1 Å². The number of nitrogens with zero attached hydrogens (tertiary/aromatic N) is 1. The van der Waals surface area contributed by atoms with Gasteiger partial charge < -0.3 is 5.73 Å². The molecule has 0 spiro atoms. The molecule has 0 aromatic carbocycles. The maximum atomic E-state index is 12.2. The third-order valence-electron chi connectivity index (χ3n) is 1.68. The molecule has 1 rings (SSSR count). The molecular formula is C9H11F3N2. The summed E-state index contributed by atoms with van der Waals surface area (Å²) in [6, 6.07) is 0.913. The molecule has 2 N–H and O–H groups in total. The minimum absolute atomic E-state index is 0.166. The first-order valence-corrected chi connectivity index (χ1v) is 4.16. The van der Waals surface area contributed by atoms with Crippen LogP contribution in [-0.4, -0.2) is 11.0 Å². The lowest BCUT2D eigenvalue weighted by Crippen LogP contribution is -2.18. The van der Waals surface area contributed by atoms with Crippen molar-refractivity contribution in [2.75, 3.05) is 0 Å². The molecule has 0 aliphatic carbocycles. The second-order valence-corrected chi connectivity index (χ2v) is 3.26. The molecule has 0 aliphatic rings. The van der Waals surface area contributed by atoms with E-state index in [2.05, 4.69) is 4.98 Å². The quantitative estimate of drug-likeness (QED) is 0.800. The van der Waals surface area contributed by atoms with Gasteiger partial charge in [-0.2, -0.15) is 13.2 Å². The van der Waals surface area contributed by atoms with Gasteiger partial charge in [0.15, 0.2) is 0 Å². The Kier molecular flexibility index (Phi) is 3.10. The zero-order chi connectivity index (χ0) is 10.8. The van der Waals surface area contributed by atoms with Gasteiger partial charge in [0, 0.05) is 18.4 Å². The molecule has 0 radical (unpaired) electrons. The molecule has 78 valence electrons. The van der Waals surface area contributed by atoms with Crippen molar-refractivity contribution in [1.82, 2.24) is 4.98 Å². The number of hydrogen-bond donors (Lipinski definition) is 1. The van der Waals surface area contributed by atoms with E-state index in [0.29, 0.717) is 12.0 Å². The number of aromatic nitrogens is 1. The average molecular weight is 204 g/mol. The second kappa shape index (κ2) is 3.96. The van der Waals surface area contributed by atoms with Crippen molar-refractivity contribution in [3.8, 4) is 0 Å². The molecule has 1 unspecified atom stereocenters. The van der Waals surface area contributed by atoms with Crippen LogP contribution in [0.15, 0.2) is 18.5 Å². The normalized spacial score (nSPS) is 14.1. The van der Waals surface area contributed by atoms with Crippen LogP contribution in [0, 0.1) is 0 Å². The molecule has 0 saturated carbocycles. The number of hydrogen-bond acceptors (Lipinski definition) is 2. The maximum Gasteiger partial charge on any atom is 0.417 e. The molecule has 5 heteroatoms. The van der Waals surface area contributed by atoms with Gasteiger partial charge in [0.05, 0.1) is 5.56 Å². The van der Waals surface area contributed by atoms with E-state index in [1.54, 1.807) is 6.92 Å². The van der Waals surface area contributed by atoms with Crippen molar-refractivity contribution < 1.29 is 13.2 Å². The van der Waals surface area contributed by atoms with Crippen LogP contribution in [0.5, 0.6) is 0 Å². The van der Waals surface area contributed by atoms with Crippen LogP contribution in [0.3, 0.4) is 0 Å². The molecule has 0 bridgehead atoms. The minimum Gasteiger partial charge on any atom is -0.328 e. The van der Waals surface area contributed by atoms with Gasteiger partial charge in [-0.05, 0) is 25.0 Å². The lowest BCUT2D eigenvalue weighted by atomic mass is 10.1.